The van der Waals surface area contributed by atoms with Crippen LogP contribution in [0.25, 0.3) is 11.1 Å². The summed E-state index contributed by atoms with van der Waals surface area (Å²) >= 11 is 0. The van der Waals surface area contributed by atoms with Gasteiger partial charge in [-0.25, -0.2) is 9.37 Å². The average Bonchev–Trinajstić information content (AvgIpc) is 3.33. The second-order valence-corrected chi connectivity index (χ2v) is 12.8. The molecule has 3 aromatic rings. The van der Waals surface area contributed by atoms with Gasteiger partial charge in [0.2, 0.25) is 5.88 Å². The number of hydrogen-bond donors (Lipinski definition) is 0. The Balaban J connectivity index is 1.31. The zero-order chi connectivity index (χ0) is 28.8. The van der Waals surface area contributed by atoms with Gasteiger partial charge in [0, 0.05) is 17.0 Å². The van der Waals surface area contributed by atoms with Crippen molar-refractivity contribution in [2.75, 3.05) is 14.2 Å². The molecule has 0 unspecified atom stereocenters. The highest BCUT2D eigenvalue weighted by molar-refractivity contribution is 5.76. The number of aryl methyl sites for hydroxylation is 1. The maximum absolute atomic E-state index is 15.1. The fourth-order valence-electron chi connectivity index (χ4n) is 7.84. The molecule has 3 atom stereocenters. The van der Waals surface area contributed by atoms with Gasteiger partial charge in [-0.1, -0.05) is 44.5 Å². The van der Waals surface area contributed by atoms with E-state index in [0.717, 1.165) is 73.8 Å². The van der Waals surface area contributed by atoms with Crippen LogP contribution in [0.3, 0.4) is 0 Å². The minimum Gasteiger partial charge on any atom is -0.489 e. The van der Waals surface area contributed by atoms with E-state index in [1.807, 2.05) is 12.1 Å². The van der Waals surface area contributed by atoms with Crippen LogP contribution in [0.4, 0.5) is 4.39 Å². The molecule has 0 aliphatic heterocycles. The van der Waals surface area contributed by atoms with Gasteiger partial charge in [0.1, 0.15) is 18.2 Å². The second-order valence-electron chi connectivity index (χ2n) is 12.8. The van der Waals surface area contributed by atoms with Crippen LogP contribution in [0.15, 0.2) is 48.7 Å². The first-order valence-electron chi connectivity index (χ1n) is 14.9. The van der Waals surface area contributed by atoms with Gasteiger partial charge in [-0.2, -0.15) is 0 Å². The molecule has 0 saturated heterocycles. The van der Waals surface area contributed by atoms with E-state index in [9.17, 15) is 4.79 Å². The molecule has 1 spiro atoms. The summed E-state index contributed by atoms with van der Waals surface area (Å²) in [5.41, 5.74) is 6.18. The number of carbonyl (C=O) groups excluding carboxylic acids is 1. The SMILES string of the molecule is COC(=O)[C@@H]1CC[C@]12CCCc1ccc(OCc3ccc(-c4cc(OC)ncc4F)c([C@@H]4CCCC4(C)C)c3)cc12. The van der Waals surface area contributed by atoms with Gasteiger partial charge in [0.25, 0.3) is 0 Å². The number of esters is 1. The Hall–Kier alpha value is -3.41. The third kappa shape index (κ3) is 4.89. The monoisotopic (exact) mass is 557 g/mol. The van der Waals surface area contributed by atoms with Crippen molar-refractivity contribution in [1.82, 2.24) is 4.98 Å². The van der Waals surface area contributed by atoms with Crippen molar-refractivity contribution >= 4 is 5.97 Å². The standard InChI is InChI=1S/C35H40FNO4/c1-34(2)14-6-8-28(34)26-17-22(9-12-25(26)27-19-32(39-3)37-20-31(27)36)21-41-24-11-10-23-7-5-15-35(30(23)18-24)16-13-29(35)33(38)40-4/h9-12,17-20,28-29H,5-8,13-16,21H2,1-4H3/t28-,29-,35+/m0/s1. The maximum atomic E-state index is 15.1. The zero-order valence-corrected chi connectivity index (χ0v) is 24.6. The van der Waals surface area contributed by atoms with E-state index >= 15 is 4.39 Å². The maximum Gasteiger partial charge on any atom is 0.309 e. The van der Waals surface area contributed by atoms with E-state index < -0.39 is 0 Å². The van der Waals surface area contributed by atoms with Crippen LogP contribution >= 0.6 is 0 Å². The van der Waals surface area contributed by atoms with Gasteiger partial charge < -0.3 is 14.2 Å². The molecule has 1 heterocycles. The fourth-order valence-corrected chi connectivity index (χ4v) is 7.84. The Bertz CT molecular complexity index is 1470. The smallest absolute Gasteiger partial charge is 0.309 e. The molecule has 41 heavy (non-hydrogen) atoms. The molecule has 3 aliphatic rings. The molecule has 0 N–H and O–H groups in total. The molecule has 1 aromatic heterocycles. The summed E-state index contributed by atoms with van der Waals surface area (Å²) in [6.07, 6.45) is 9.65. The average molecular weight is 558 g/mol. The number of hydrogen-bond acceptors (Lipinski definition) is 5. The van der Waals surface area contributed by atoms with Crippen LogP contribution in [0, 0.1) is 17.2 Å². The quantitative estimate of drug-likeness (QED) is 0.276. The first-order chi connectivity index (χ1) is 19.8. The first kappa shape index (κ1) is 27.7. The van der Waals surface area contributed by atoms with E-state index in [1.165, 1.54) is 24.4 Å². The van der Waals surface area contributed by atoms with Gasteiger partial charge in [-0.15, -0.1) is 0 Å². The lowest BCUT2D eigenvalue weighted by Gasteiger charge is -2.51. The highest BCUT2D eigenvalue weighted by Crippen LogP contribution is 2.56. The second kappa shape index (κ2) is 10.8. The van der Waals surface area contributed by atoms with Crippen LogP contribution in [-0.4, -0.2) is 25.2 Å². The lowest BCUT2D eigenvalue weighted by atomic mass is 9.52. The van der Waals surface area contributed by atoms with E-state index in [1.54, 1.807) is 13.2 Å². The molecule has 5 nitrogen and oxygen atoms in total. The normalized spacial score (nSPS) is 24.4. The van der Waals surface area contributed by atoms with E-state index in [2.05, 4.69) is 43.1 Å². The summed E-state index contributed by atoms with van der Waals surface area (Å²) in [7, 11) is 3.04. The predicted octanol–water partition coefficient (Wildman–Crippen LogP) is 7.93. The van der Waals surface area contributed by atoms with Crippen molar-refractivity contribution in [2.45, 2.75) is 83.2 Å². The van der Waals surface area contributed by atoms with E-state index in [4.69, 9.17) is 14.2 Å². The van der Waals surface area contributed by atoms with Crippen LogP contribution in [0.5, 0.6) is 11.6 Å². The molecule has 6 rings (SSSR count). The van der Waals surface area contributed by atoms with Crippen molar-refractivity contribution in [1.29, 1.82) is 0 Å². The number of ether oxygens (including phenoxy) is 3. The lowest BCUT2D eigenvalue weighted by molar-refractivity contribution is -0.153. The van der Waals surface area contributed by atoms with Crippen LogP contribution in [-0.2, 0) is 28.0 Å². The summed E-state index contributed by atoms with van der Waals surface area (Å²) in [4.78, 5) is 16.6. The minimum absolute atomic E-state index is 0.0705. The van der Waals surface area contributed by atoms with Crippen LogP contribution < -0.4 is 9.47 Å². The van der Waals surface area contributed by atoms with Crippen molar-refractivity contribution < 1.29 is 23.4 Å². The van der Waals surface area contributed by atoms with Crippen molar-refractivity contribution in [3.05, 3.63) is 76.7 Å². The number of carbonyl (C=O) groups is 1. The number of methoxy groups -OCH3 is 2. The third-order valence-electron chi connectivity index (χ3n) is 10.2. The van der Waals surface area contributed by atoms with Crippen molar-refractivity contribution in [3.63, 3.8) is 0 Å². The molecule has 216 valence electrons. The Kier molecular flexibility index (Phi) is 7.29. The Morgan fingerprint density at radius 1 is 1.00 bits per heavy atom. The van der Waals surface area contributed by atoms with Gasteiger partial charge in [-0.05, 0) is 96.2 Å². The molecule has 2 aromatic carbocycles. The molecule has 6 heteroatoms. The summed E-state index contributed by atoms with van der Waals surface area (Å²) in [6, 6.07) is 14.3. The van der Waals surface area contributed by atoms with Crippen molar-refractivity contribution in [2.24, 2.45) is 11.3 Å². The number of rotatable bonds is 7. The molecule has 2 saturated carbocycles. The number of halogens is 1. The van der Waals surface area contributed by atoms with Gasteiger partial charge in [0.15, 0.2) is 0 Å². The predicted molar refractivity (Wildman–Crippen MR) is 157 cm³/mol. The molecule has 0 radical (unpaired) electrons. The lowest BCUT2D eigenvalue weighted by Crippen LogP contribution is -2.50. The number of benzene rings is 2. The molecular weight excluding hydrogens is 517 g/mol. The number of aromatic nitrogens is 1. The Morgan fingerprint density at radius 2 is 1.85 bits per heavy atom. The Morgan fingerprint density at radius 3 is 2.56 bits per heavy atom. The van der Waals surface area contributed by atoms with Gasteiger partial charge >= 0.3 is 5.97 Å². The summed E-state index contributed by atoms with van der Waals surface area (Å²) in [5.74, 6) is 1.01. The van der Waals surface area contributed by atoms with Gasteiger partial charge in [0.05, 0.1) is 26.3 Å². The molecule has 3 aliphatic carbocycles. The van der Waals surface area contributed by atoms with Gasteiger partial charge in [-0.3, -0.25) is 4.79 Å². The number of fused-ring (bicyclic) bond motifs is 2. The van der Waals surface area contributed by atoms with Crippen LogP contribution in [0.2, 0.25) is 0 Å². The van der Waals surface area contributed by atoms with Crippen LogP contribution in [0.1, 0.15) is 87.0 Å². The molecule has 2 fully saturated rings. The fraction of sp³-hybridized carbons (Fsp3) is 0.486. The molecule has 0 bridgehead atoms. The highest BCUT2D eigenvalue weighted by atomic mass is 19.1. The highest BCUT2D eigenvalue weighted by Gasteiger charge is 2.53. The first-order valence-corrected chi connectivity index (χ1v) is 14.9. The molecule has 0 amide bonds. The number of nitrogens with zero attached hydrogens (tertiary/aromatic N) is 1. The van der Waals surface area contributed by atoms with E-state index in [0.29, 0.717) is 24.0 Å². The summed E-state index contributed by atoms with van der Waals surface area (Å²) in [6.45, 7) is 5.03. The molecular formula is C35H40FNO4. The third-order valence-corrected chi connectivity index (χ3v) is 10.2. The minimum atomic E-state index is -0.351. The zero-order valence-electron chi connectivity index (χ0n) is 24.6. The topological polar surface area (TPSA) is 57.7 Å². The Labute approximate surface area is 242 Å². The van der Waals surface area contributed by atoms with E-state index in [-0.39, 0.29) is 28.5 Å². The summed E-state index contributed by atoms with van der Waals surface area (Å²) in [5, 5.41) is 0. The number of pyridine rings is 1. The van der Waals surface area contributed by atoms with Crippen molar-refractivity contribution in [3.8, 4) is 22.8 Å². The largest absolute Gasteiger partial charge is 0.489 e. The summed E-state index contributed by atoms with van der Waals surface area (Å²) < 4.78 is 32.0.